The largest absolute Gasteiger partial charge is 0.488 e. The van der Waals surface area contributed by atoms with Crippen molar-refractivity contribution in [3.05, 3.63) is 112 Å². The zero-order chi connectivity index (χ0) is 22.3. The van der Waals surface area contributed by atoms with Gasteiger partial charge in [-0.1, -0.05) is 78.3 Å². The van der Waals surface area contributed by atoms with E-state index in [1.54, 1.807) is 6.07 Å². The number of fused-ring (bicyclic) bond motifs is 1. The molecule has 0 spiro atoms. The van der Waals surface area contributed by atoms with E-state index in [2.05, 4.69) is 54.7 Å². The van der Waals surface area contributed by atoms with E-state index < -0.39 is 0 Å². The molecule has 0 aliphatic carbocycles. The summed E-state index contributed by atoms with van der Waals surface area (Å²) in [6, 6.07) is 27.7. The van der Waals surface area contributed by atoms with Gasteiger partial charge in [0.15, 0.2) is 0 Å². The van der Waals surface area contributed by atoms with Crippen LogP contribution in [-0.4, -0.2) is 6.04 Å². The molecular weight excluding hydrogens is 421 g/mol. The van der Waals surface area contributed by atoms with Crippen molar-refractivity contribution in [2.45, 2.75) is 39.0 Å². The highest BCUT2D eigenvalue weighted by molar-refractivity contribution is 6.31. The van der Waals surface area contributed by atoms with E-state index in [1.165, 1.54) is 23.1 Å². The number of hydrogen-bond acceptors (Lipinski definition) is 2. The second kappa shape index (κ2) is 10.6. The monoisotopic (exact) mass is 447 g/mol. The second-order valence-corrected chi connectivity index (χ2v) is 8.50. The van der Waals surface area contributed by atoms with Crippen LogP contribution in [0.4, 0.5) is 4.39 Å². The van der Waals surface area contributed by atoms with Gasteiger partial charge in [-0.05, 0) is 54.3 Å². The third-order valence-electron chi connectivity index (χ3n) is 5.73. The Kier molecular flexibility index (Phi) is 7.41. The van der Waals surface area contributed by atoms with Crippen molar-refractivity contribution in [1.29, 1.82) is 0 Å². The van der Waals surface area contributed by atoms with Crippen molar-refractivity contribution in [1.82, 2.24) is 5.32 Å². The maximum Gasteiger partial charge on any atom is 0.124 e. The topological polar surface area (TPSA) is 21.3 Å². The molecule has 164 valence electrons. The fourth-order valence-corrected chi connectivity index (χ4v) is 4.06. The van der Waals surface area contributed by atoms with Crippen molar-refractivity contribution in [2.24, 2.45) is 0 Å². The molecule has 4 heteroatoms. The maximum absolute atomic E-state index is 13.4. The second-order valence-electron chi connectivity index (χ2n) is 8.09. The lowest BCUT2D eigenvalue weighted by molar-refractivity contribution is 0.302. The maximum atomic E-state index is 13.4. The molecule has 0 aromatic heterocycles. The smallest absolute Gasteiger partial charge is 0.124 e. The van der Waals surface area contributed by atoms with E-state index in [9.17, 15) is 4.39 Å². The Bertz CT molecular complexity index is 1180. The molecule has 1 unspecified atom stereocenters. The van der Waals surface area contributed by atoms with Gasteiger partial charge in [0, 0.05) is 23.7 Å². The van der Waals surface area contributed by atoms with Crippen molar-refractivity contribution in [3.63, 3.8) is 0 Å². The highest BCUT2D eigenvalue weighted by Gasteiger charge is 2.12. The van der Waals surface area contributed by atoms with E-state index in [4.69, 9.17) is 16.3 Å². The summed E-state index contributed by atoms with van der Waals surface area (Å²) in [5.74, 6) is 0.464. The summed E-state index contributed by atoms with van der Waals surface area (Å²) in [6.07, 6.45) is 2.09. The summed E-state index contributed by atoms with van der Waals surface area (Å²) in [6.45, 7) is 3.20. The average molecular weight is 448 g/mol. The summed E-state index contributed by atoms with van der Waals surface area (Å²) < 4.78 is 19.5. The minimum Gasteiger partial charge on any atom is -0.488 e. The summed E-state index contributed by atoms with van der Waals surface area (Å²) >= 11 is 6.19. The van der Waals surface area contributed by atoms with Crippen molar-refractivity contribution >= 4 is 22.4 Å². The van der Waals surface area contributed by atoms with Crippen molar-refractivity contribution in [2.75, 3.05) is 0 Å². The first kappa shape index (κ1) is 22.3. The molecule has 4 aromatic carbocycles. The quantitative estimate of drug-likeness (QED) is 0.290. The standard InChI is InChI=1S/C28H27ClFNO/c1-20(11-12-21-7-3-2-4-8-21)31-18-26-25-10-6-5-9-22(25)14-16-28(26)32-19-23-13-15-24(30)17-27(23)29/h2-10,13-17,20,31H,11-12,18-19H2,1H3. The van der Waals surface area contributed by atoms with Gasteiger partial charge in [-0.2, -0.15) is 0 Å². The van der Waals surface area contributed by atoms with E-state index in [1.807, 2.05) is 24.3 Å². The number of rotatable bonds is 9. The predicted octanol–water partition coefficient (Wildman–Crippen LogP) is 7.32. The van der Waals surface area contributed by atoms with Crippen LogP contribution >= 0.6 is 11.6 Å². The molecule has 0 amide bonds. The first-order chi connectivity index (χ1) is 15.6. The number of hydrogen-bond donors (Lipinski definition) is 1. The SMILES string of the molecule is CC(CCc1ccccc1)NCc1c(OCc2ccc(F)cc2Cl)ccc2ccccc12. The molecule has 0 aliphatic heterocycles. The Morgan fingerprint density at radius 3 is 2.53 bits per heavy atom. The molecule has 4 aromatic rings. The van der Waals surface area contributed by atoms with Gasteiger partial charge in [-0.3, -0.25) is 0 Å². The number of nitrogens with one attached hydrogen (secondary N) is 1. The highest BCUT2D eigenvalue weighted by Crippen LogP contribution is 2.30. The predicted molar refractivity (Wildman–Crippen MR) is 131 cm³/mol. The first-order valence-electron chi connectivity index (χ1n) is 10.9. The zero-order valence-electron chi connectivity index (χ0n) is 18.2. The van der Waals surface area contributed by atoms with E-state index in [0.717, 1.165) is 35.1 Å². The Labute approximate surface area is 194 Å². The molecule has 2 nitrogen and oxygen atoms in total. The van der Waals surface area contributed by atoms with Crippen molar-refractivity contribution in [3.8, 4) is 5.75 Å². The van der Waals surface area contributed by atoms with E-state index in [0.29, 0.717) is 17.6 Å². The molecular formula is C28H27ClFNO. The van der Waals surface area contributed by atoms with Crippen LogP contribution in [0.2, 0.25) is 5.02 Å². The lowest BCUT2D eigenvalue weighted by atomic mass is 10.0. The Balaban J connectivity index is 1.48. The molecule has 0 saturated carbocycles. The fourth-order valence-electron chi connectivity index (χ4n) is 3.83. The number of benzene rings is 4. The number of halogens is 2. The lowest BCUT2D eigenvalue weighted by Crippen LogP contribution is -2.26. The molecule has 32 heavy (non-hydrogen) atoms. The average Bonchev–Trinajstić information content (AvgIpc) is 2.81. The third kappa shape index (κ3) is 5.67. The van der Waals surface area contributed by atoms with Crippen LogP contribution in [0.3, 0.4) is 0 Å². The van der Waals surface area contributed by atoms with Crippen LogP contribution in [0.15, 0.2) is 84.9 Å². The Morgan fingerprint density at radius 2 is 1.72 bits per heavy atom. The van der Waals surface area contributed by atoms with Gasteiger partial charge in [0.05, 0.1) is 5.02 Å². The molecule has 1 atom stereocenters. The molecule has 0 bridgehead atoms. The van der Waals surface area contributed by atoms with Crippen LogP contribution in [-0.2, 0) is 19.6 Å². The van der Waals surface area contributed by atoms with Gasteiger partial charge in [0.1, 0.15) is 18.2 Å². The summed E-state index contributed by atoms with van der Waals surface area (Å²) in [5.41, 5.74) is 3.23. The summed E-state index contributed by atoms with van der Waals surface area (Å²) in [7, 11) is 0. The fraction of sp³-hybridized carbons (Fsp3) is 0.214. The minimum atomic E-state index is -0.348. The zero-order valence-corrected chi connectivity index (χ0v) is 18.9. The van der Waals surface area contributed by atoms with Crippen LogP contribution in [0.1, 0.15) is 30.0 Å². The molecule has 4 rings (SSSR count). The van der Waals surface area contributed by atoms with Gasteiger partial charge >= 0.3 is 0 Å². The highest BCUT2D eigenvalue weighted by atomic mass is 35.5. The van der Waals surface area contributed by atoms with Gasteiger partial charge in [-0.15, -0.1) is 0 Å². The molecule has 0 radical (unpaired) electrons. The summed E-state index contributed by atoms with van der Waals surface area (Å²) in [4.78, 5) is 0. The van der Waals surface area contributed by atoms with E-state index >= 15 is 0 Å². The van der Waals surface area contributed by atoms with Crippen LogP contribution in [0.5, 0.6) is 5.75 Å². The lowest BCUT2D eigenvalue weighted by Gasteiger charge is -2.18. The summed E-state index contributed by atoms with van der Waals surface area (Å²) in [5, 5.41) is 6.38. The van der Waals surface area contributed by atoms with Gasteiger partial charge in [-0.25, -0.2) is 4.39 Å². The van der Waals surface area contributed by atoms with Crippen LogP contribution < -0.4 is 10.1 Å². The molecule has 0 saturated heterocycles. The molecule has 0 aliphatic rings. The minimum absolute atomic E-state index is 0.286. The first-order valence-corrected chi connectivity index (χ1v) is 11.3. The van der Waals surface area contributed by atoms with Gasteiger partial charge in [0.25, 0.3) is 0 Å². The Morgan fingerprint density at radius 1 is 0.938 bits per heavy atom. The molecule has 0 heterocycles. The van der Waals surface area contributed by atoms with Crippen LogP contribution in [0.25, 0.3) is 10.8 Å². The Hall–Kier alpha value is -2.88. The molecule has 1 N–H and O–H groups in total. The van der Waals surface area contributed by atoms with Crippen LogP contribution in [0, 0.1) is 5.82 Å². The van der Waals surface area contributed by atoms with E-state index in [-0.39, 0.29) is 12.4 Å². The molecule has 0 fully saturated rings. The van der Waals surface area contributed by atoms with Crippen molar-refractivity contribution < 1.29 is 9.13 Å². The third-order valence-corrected chi connectivity index (χ3v) is 6.08. The van der Waals surface area contributed by atoms with Gasteiger partial charge < -0.3 is 10.1 Å². The number of ether oxygens (including phenoxy) is 1. The number of aryl methyl sites for hydroxylation is 1. The van der Waals surface area contributed by atoms with Gasteiger partial charge in [0.2, 0.25) is 0 Å². The normalized spacial score (nSPS) is 12.1.